The highest BCUT2D eigenvalue weighted by Crippen LogP contribution is 2.35. The van der Waals surface area contributed by atoms with Gasteiger partial charge in [-0.1, -0.05) is 30.3 Å². The van der Waals surface area contributed by atoms with Gasteiger partial charge in [-0.25, -0.2) is 0 Å². The molecule has 2 heterocycles. The van der Waals surface area contributed by atoms with E-state index in [1.807, 2.05) is 42.5 Å². The molecule has 0 aliphatic carbocycles. The number of carbonyl (C=O) groups excluding carboxylic acids is 1. The zero-order valence-electron chi connectivity index (χ0n) is 12.7. The van der Waals surface area contributed by atoms with Crippen LogP contribution in [0.15, 0.2) is 60.8 Å². The first kappa shape index (κ1) is 14.3. The zero-order chi connectivity index (χ0) is 16.4. The number of rotatable bonds is 3. The van der Waals surface area contributed by atoms with Crippen LogP contribution in [0, 0.1) is 0 Å². The van der Waals surface area contributed by atoms with E-state index in [1.165, 1.54) is 6.08 Å². The zero-order valence-corrected chi connectivity index (χ0v) is 12.7. The third kappa shape index (κ3) is 2.67. The van der Waals surface area contributed by atoms with Gasteiger partial charge in [-0.2, -0.15) is 0 Å². The second-order valence-electron chi connectivity index (χ2n) is 5.28. The Hall–Kier alpha value is -3.34. The molecule has 1 aliphatic rings. The number of ether oxygens (including phenoxy) is 2. The molecule has 0 bridgehead atoms. The number of amides is 1. The molecule has 0 atom stereocenters. The van der Waals surface area contributed by atoms with Crippen LogP contribution in [0.1, 0.15) is 5.56 Å². The molecule has 4 rings (SSSR count). The van der Waals surface area contributed by atoms with Crippen molar-refractivity contribution in [2.24, 2.45) is 0 Å². The number of nitrogens with one attached hydrogen (secondary N) is 1. The fourth-order valence-electron chi connectivity index (χ4n) is 2.63. The summed E-state index contributed by atoms with van der Waals surface area (Å²) in [6.07, 6.45) is 4.87. The van der Waals surface area contributed by atoms with Gasteiger partial charge in [0.2, 0.25) is 12.7 Å². The van der Waals surface area contributed by atoms with Crippen molar-refractivity contribution in [2.45, 2.75) is 0 Å². The lowest BCUT2D eigenvalue weighted by Gasteiger charge is -2.06. The Balaban J connectivity index is 1.56. The first-order chi connectivity index (χ1) is 11.8. The molecule has 118 valence electrons. The number of anilines is 1. The Morgan fingerprint density at radius 1 is 1.08 bits per heavy atom. The summed E-state index contributed by atoms with van der Waals surface area (Å²) in [4.78, 5) is 16.5. The molecule has 0 unspecified atom stereocenters. The summed E-state index contributed by atoms with van der Waals surface area (Å²) in [5.74, 6) is 1.14. The number of para-hydroxylation sites is 2. The third-order valence-corrected chi connectivity index (χ3v) is 3.75. The van der Waals surface area contributed by atoms with Crippen molar-refractivity contribution in [1.82, 2.24) is 4.98 Å². The van der Waals surface area contributed by atoms with Gasteiger partial charge in [-0.05, 0) is 24.3 Å². The van der Waals surface area contributed by atoms with Crippen molar-refractivity contribution in [2.75, 3.05) is 12.1 Å². The molecule has 5 heteroatoms. The van der Waals surface area contributed by atoms with Crippen molar-refractivity contribution < 1.29 is 14.3 Å². The number of pyridine rings is 1. The van der Waals surface area contributed by atoms with Gasteiger partial charge in [0.25, 0.3) is 0 Å². The first-order valence-electron chi connectivity index (χ1n) is 7.53. The van der Waals surface area contributed by atoms with E-state index >= 15 is 0 Å². The molecule has 3 aromatic rings. The standard InChI is InChI=1S/C19H14N2O3/c22-18(9-8-13-4-3-7-17-19(13)24-12-23-17)21-16-10-11-20-15-6-2-1-5-14(15)16/h1-11H,12H2,(H,20,21,22)/b9-8+. The fourth-order valence-corrected chi connectivity index (χ4v) is 2.63. The minimum Gasteiger partial charge on any atom is -0.454 e. The molecular formula is C19H14N2O3. The molecule has 2 aromatic carbocycles. The predicted molar refractivity (Wildman–Crippen MR) is 92.0 cm³/mol. The van der Waals surface area contributed by atoms with Gasteiger partial charge in [0.05, 0.1) is 11.2 Å². The maximum Gasteiger partial charge on any atom is 0.248 e. The Kier molecular flexibility index (Phi) is 3.59. The summed E-state index contributed by atoms with van der Waals surface area (Å²) in [5, 5.41) is 3.79. The smallest absolute Gasteiger partial charge is 0.248 e. The van der Waals surface area contributed by atoms with Crippen LogP contribution in [-0.4, -0.2) is 17.7 Å². The highest BCUT2D eigenvalue weighted by atomic mass is 16.7. The van der Waals surface area contributed by atoms with Crippen LogP contribution < -0.4 is 14.8 Å². The Morgan fingerprint density at radius 3 is 2.96 bits per heavy atom. The monoisotopic (exact) mass is 318 g/mol. The second-order valence-corrected chi connectivity index (χ2v) is 5.28. The highest BCUT2D eigenvalue weighted by Gasteiger charge is 2.15. The number of hydrogen-bond acceptors (Lipinski definition) is 4. The van der Waals surface area contributed by atoms with Crippen LogP contribution in [0.4, 0.5) is 5.69 Å². The lowest BCUT2D eigenvalue weighted by molar-refractivity contribution is -0.111. The van der Waals surface area contributed by atoms with E-state index in [1.54, 1.807) is 18.3 Å². The molecule has 0 fully saturated rings. The van der Waals surface area contributed by atoms with E-state index < -0.39 is 0 Å². The average Bonchev–Trinajstić information content (AvgIpc) is 3.09. The Morgan fingerprint density at radius 2 is 2.00 bits per heavy atom. The maximum absolute atomic E-state index is 12.2. The van der Waals surface area contributed by atoms with Crippen LogP contribution >= 0.6 is 0 Å². The van der Waals surface area contributed by atoms with Gasteiger partial charge in [-0.15, -0.1) is 0 Å². The number of nitrogens with zero attached hydrogens (tertiary/aromatic N) is 1. The number of hydrogen-bond donors (Lipinski definition) is 1. The summed E-state index contributed by atoms with van der Waals surface area (Å²) in [6, 6.07) is 15.0. The summed E-state index contributed by atoms with van der Waals surface area (Å²) >= 11 is 0. The van der Waals surface area contributed by atoms with Gasteiger partial charge in [0.1, 0.15) is 0 Å². The van der Waals surface area contributed by atoms with E-state index in [-0.39, 0.29) is 12.7 Å². The van der Waals surface area contributed by atoms with E-state index in [0.717, 1.165) is 22.2 Å². The fraction of sp³-hybridized carbons (Fsp3) is 0.0526. The van der Waals surface area contributed by atoms with Crippen LogP contribution in [0.2, 0.25) is 0 Å². The molecule has 1 aliphatic heterocycles. The van der Waals surface area contributed by atoms with Crippen LogP contribution in [-0.2, 0) is 4.79 Å². The van der Waals surface area contributed by atoms with Gasteiger partial charge >= 0.3 is 0 Å². The van der Waals surface area contributed by atoms with Crippen LogP contribution in [0.25, 0.3) is 17.0 Å². The third-order valence-electron chi connectivity index (χ3n) is 3.75. The van der Waals surface area contributed by atoms with Crippen molar-refractivity contribution in [3.8, 4) is 11.5 Å². The molecule has 1 aromatic heterocycles. The van der Waals surface area contributed by atoms with Crippen LogP contribution in [0.3, 0.4) is 0 Å². The predicted octanol–water partition coefficient (Wildman–Crippen LogP) is 3.62. The van der Waals surface area contributed by atoms with Gasteiger partial charge in [-0.3, -0.25) is 9.78 Å². The largest absolute Gasteiger partial charge is 0.454 e. The van der Waals surface area contributed by atoms with Crippen molar-refractivity contribution in [1.29, 1.82) is 0 Å². The van der Waals surface area contributed by atoms with E-state index in [9.17, 15) is 4.79 Å². The normalized spacial score (nSPS) is 12.7. The van der Waals surface area contributed by atoms with Crippen molar-refractivity contribution in [3.05, 3.63) is 66.4 Å². The summed E-state index contributed by atoms with van der Waals surface area (Å²) in [5.41, 5.74) is 2.37. The van der Waals surface area contributed by atoms with E-state index in [0.29, 0.717) is 11.5 Å². The van der Waals surface area contributed by atoms with Gasteiger partial charge in [0.15, 0.2) is 11.5 Å². The summed E-state index contributed by atoms with van der Waals surface area (Å²) in [7, 11) is 0. The van der Waals surface area contributed by atoms with Crippen molar-refractivity contribution in [3.63, 3.8) is 0 Å². The Bertz CT molecular complexity index is 945. The molecule has 24 heavy (non-hydrogen) atoms. The molecule has 5 nitrogen and oxygen atoms in total. The molecule has 0 saturated heterocycles. The van der Waals surface area contributed by atoms with Gasteiger partial charge in [0, 0.05) is 23.2 Å². The molecule has 0 spiro atoms. The molecular weight excluding hydrogens is 304 g/mol. The van der Waals surface area contributed by atoms with E-state index in [4.69, 9.17) is 9.47 Å². The maximum atomic E-state index is 12.2. The van der Waals surface area contributed by atoms with E-state index in [2.05, 4.69) is 10.3 Å². The average molecular weight is 318 g/mol. The molecule has 0 radical (unpaired) electrons. The topological polar surface area (TPSA) is 60.5 Å². The number of benzene rings is 2. The Labute approximate surface area is 138 Å². The molecule has 1 amide bonds. The molecule has 1 N–H and O–H groups in total. The summed E-state index contributed by atoms with van der Waals surface area (Å²) in [6.45, 7) is 0.204. The lowest BCUT2D eigenvalue weighted by Crippen LogP contribution is -2.08. The quantitative estimate of drug-likeness (QED) is 0.749. The van der Waals surface area contributed by atoms with Gasteiger partial charge < -0.3 is 14.8 Å². The second kappa shape index (κ2) is 6.04. The number of carbonyl (C=O) groups is 1. The minimum atomic E-state index is -0.220. The first-order valence-corrected chi connectivity index (χ1v) is 7.53. The number of aromatic nitrogens is 1. The summed E-state index contributed by atoms with van der Waals surface area (Å²) < 4.78 is 10.8. The lowest BCUT2D eigenvalue weighted by atomic mass is 10.1. The number of fused-ring (bicyclic) bond motifs is 2. The molecule has 0 saturated carbocycles. The van der Waals surface area contributed by atoms with Crippen molar-refractivity contribution >= 4 is 28.6 Å². The minimum absolute atomic E-state index is 0.204. The SMILES string of the molecule is O=C(/C=C/c1cccc2c1OCO2)Nc1ccnc2ccccc12. The van der Waals surface area contributed by atoms with Crippen LogP contribution in [0.5, 0.6) is 11.5 Å². The highest BCUT2D eigenvalue weighted by molar-refractivity contribution is 6.07.